The number of nitrogens with zero attached hydrogens (tertiary/aromatic N) is 1. The lowest BCUT2D eigenvalue weighted by Crippen LogP contribution is -2.36. The Labute approximate surface area is 82.1 Å². The lowest BCUT2D eigenvalue weighted by atomic mass is 10.2. The molecule has 3 heteroatoms. The Morgan fingerprint density at radius 3 is 2.33 bits per heavy atom. The van der Waals surface area contributed by atoms with Crippen molar-refractivity contribution in [3.05, 3.63) is 0 Å². The molecule has 12 heavy (non-hydrogen) atoms. The van der Waals surface area contributed by atoms with Crippen molar-refractivity contribution in [2.75, 3.05) is 27.2 Å². The Hall–Kier alpha value is 0.270. The third-order valence-corrected chi connectivity index (χ3v) is 2.45. The van der Waals surface area contributed by atoms with Crippen molar-refractivity contribution in [3.8, 4) is 0 Å². The second kappa shape index (κ2) is 5.84. The van der Waals surface area contributed by atoms with Crippen LogP contribution in [0, 0.1) is 0 Å². The highest BCUT2D eigenvalue weighted by atomic mass is 32.1. The molecule has 0 atom stereocenters. The third-order valence-electron chi connectivity index (χ3n) is 2.10. The first-order chi connectivity index (χ1) is 5.48. The quantitative estimate of drug-likeness (QED) is 0.376. The molecule has 0 saturated heterocycles. The number of hydrogen-bond donors (Lipinski definition) is 2. The van der Waals surface area contributed by atoms with Crippen LogP contribution in [0.3, 0.4) is 0 Å². The fourth-order valence-corrected chi connectivity index (χ4v) is 1.02. The first-order valence-corrected chi connectivity index (χ1v) is 5.01. The van der Waals surface area contributed by atoms with Gasteiger partial charge in [0.1, 0.15) is 0 Å². The molecule has 0 radical (unpaired) electrons. The van der Waals surface area contributed by atoms with E-state index in [0.717, 1.165) is 13.1 Å². The van der Waals surface area contributed by atoms with Gasteiger partial charge < -0.3 is 5.32 Å². The van der Waals surface area contributed by atoms with Gasteiger partial charge in [-0.25, -0.2) is 0 Å². The normalized spacial score (nSPS) is 12.5. The molecule has 74 valence electrons. The fourth-order valence-electron chi connectivity index (χ4n) is 0.924. The van der Waals surface area contributed by atoms with Gasteiger partial charge in [0.25, 0.3) is 0 Å². The molecule has 0 saturated carbocycles. The lowest BCUT2D eigenvalue weighted by molar-refractivity contribution is 0.241. The summed E-state index contributed by atoms with van der Waals surface area (Å²) in [5.74, 6) is 0. The van der Waals surface area contributed by atoms with E-state index in [0.29, 0.717) is 0 Å². The van der Waals surface area contributed by atoms with Crippen molar-refractivity contribution in [1.29, 1.82) is 0 Å². The van der Waals surface area contributed by atoms with E-state index in [-0.39, 0.29) is 4.87 Å². The summed E-state index contributed by atoms with van der Waals surface area (Å²) < 4.78 is 0. The maximum atomic E-state index is 4.48. The molecule has 0 bridgehead atoms. The summed E-state index contributed by atoms with van der Waals surface area (Å²) in [6.45, 7) is 6.47. The molecule has 0 spiro atoms. The number of rotatable bonds is 6. The van der Waals surface area contributed by atoms with Crippen LogP contribution in [0.25, 0.3) is 0 Å². The van der Waals surface area contributed by atoms with Gasteiger partial charge in [0, 0.05) is 0 Å². The first kappa shape index (κ1) is 12.3. The number of thiol groups is 1. The van der Waals surface area contributed by atoms with Crippen molar-refractivity contribution in [1.82, 2.24) is 10.2 Å². The van der Waals surface area contributed by atoms with Gasteiger partial charge in [-0.1, -0.05) is 0 Å². The van der Waals surface area contributed by atoms with Gasteiger partial charge in [0.2, 0.25) is 0 Å². The summed E-state index contributed by atoms with van der Waals surface area (Å²) in [5, 5.41) is 3.14. The van der Waals surface area contributed by atoms with Crippen LogP contribution in [0.15, 0.2) is 0 Å². The van der Waals surface area contributed by atoms with Crippen molar-refractivity contribution in [2.24, 2.45) is 0 Å². The first-order valence-electron chi connectivity index (χ1n) is 4.56. The SMILES string of the molecule is CNCCCCN(C)C(C)(C)S. The minimum absolute atomic E-state index is 0.0135. The molecule has 2 nitrogen and oxygen atoms in total. The lowest BCUT2D eigenvalue weighted by Gasteiger charge is -2.30. The molecule has 0 heterocycles. The topological polar surface area (TPSA) is 15.3 Å². The smallest absolute Gasteiger partial charge is 0.0580 e. The zero-order valence-electron chi connectivity index (χ0n) is 8.72. The molecule has 0 fully saturated rings. The Morgan fingerprint density at radius 1 is 1.33 bits per heavy atom. The Kier molecular flexibility index (Phi) is 5.97. The average molecular weight is 190 g/mol. The van der Waals surface area contributed by atoms with Gasteiger partial charge in [0.05, 0.1) is 4.87 Å². The minimum Gasteiger partial charge on any atom is -0.320 e. The monoisotopic (exact) mass is 190 g/mol. The molecule has 0 rings (SSSR count). The van der Waals surface area contributed by atoms with E-state index in [4.69, 9.17) is 0 Å². The highest BCUT2D eigenvalue weighted by Crippen LogP contribution is 2.16. The summed E-state index contributed by atoms with van der Waals surface area (Å²) in [7, 11) is 4.11. The van der Waals surface area contributed by atoms with E-state index in [9.17, 15) is 0 Å². The Bertz CT molecular complexity index is 110. The maximum Gasteiger partial charge on any atom is 0.0580 e. The standard InChI is InChI=1S/C9H22N2S/c1-9(2,12)11(4)8-6-5-7-10-3/h10,12H,5-8H2,1-4H3. The molecular weight excluding hydrogens is 168 g/mol. The van der Waals surface area contributed by atoms with Crippen molar-refractivity contribution < 1.29 is 0 Å². The summed E-state index contributed by atoms with van der Waals surface area (Å²) >= 11 is 4.48. The van der Waals surface area contributed by atoms with E-state index in [1.54, 1.807) is 0 Å². The molecule has 1 N–H and O–H groups in total. The number of hydrogen-bond acceptors (Lipinski definition) is 3. The van der Waals surface area contributed by atoms with E-state index in [2.05, 4.69) is 43.7 Å². The molecule has 0 aromatic carbocycles. The minimum atomic E-state index is 0.0135. The van der Waals surface area contributed by atoms with Crippen LogP contribution >= 0.6 is 12.6 Å². The highest BCUT2D eigenvalue weighted by Gasteiger charge is 2.16. The maximum absolute atomic E-state index is 4.48. The van der Waals surface area contributed by atoms with Gasteiger partial charge in [-0.3, -0.25) is 4.90 Å². The fraction of sp³-hybridized carbons (Fsp3) is 1.00. The van der Waals surface area contributed by atoms with Crippen LogP contribution in [-0.4, -0.2) is 37.0 Å². The molecule has 0 aromatic heterocycles. The highest BCUT2D eigenvalue weighted by molar-refractivity contribution is 7.81. The van der Waals surface area contributed by atoms with E-state index in [1.807, 2.05) is 7.05 Å². The third kappa shape index (κ3) is 5.86. The second-order valence-electron chi connectivity index (χ2n) is 3.73. The predicted molar refractivity (Wildman–Crippen MR) is 58.9 cm³/mol. The summed E-state index contributed by atoms with van der Waals surface area (Å²) in [6, 6.07) is 0. The molecule has 0 aliphatic rings. The van der Waals surface area contributed by atoms with Crippen LogP contribution < -0.4 is 5.32 Å². The van der Waals surface area contributed by atoms with E-state index in [1.165, 1.54) is 12.8 Å². The van der Waals surface area contributed by atoms with Crippen LogP contribution in [0.1, 0.15) is 26.7 Å². The van der Waals surface area contributed by atoms with Crippen molar-refractivity contribution in [2.45, 2.75) is 31.6 Å². The molecule has 0 aliphatic heterocycles. The zero-order chi connectivity index (χ0) is 9.61. The molecule has 0 amide bonds. The summed E-state index contributed by atoms with van der Waals surface area (Å²) in [4.78, 5) is 2.28. The van der Waals surface area contributed by atoms with E-state index >= 15 is 0 Å². The Balaban J connectivity index is 3.38. The van der Waals surface area contributed by atoms with Gasteiger partial charge in [0.15, 0.2) is 0 Å². The zero-order valence-corrected chi connectivity index (χ0v) is 9.62. The van der Waals surface area contributed by atoms with Crippen LogP contribution in [0.4, 0.5) is 0 Å². The van der Waals surface area contributed by atoms with Crippen LogP contribution in [0.2, 0.25) is 0 Å². The van der Waals surface area contributed by atoms with Gasteiger partial charge >= 0.3 is 0 Å². The molecule has 0 aliphatic carbocycles. The predicted octanol–water partition coefficient (Wildman–Crippen LogP) is 1.58. The van der Waals surface area contributed by atoms with E-state index < -0.39 is 0 Å². The number of nitrogens with one attached hydrogen (secondary N) is 1. The molecular formula is C9H22N2S. The summed E-state index contributed by atoms with van der Waals surface area (Å²) in [6.07, 6.45) is 2.48. The molecule has 0 aromatic rings. The summed E-state index contributed by atoms with van der Waals surface area (Å²) in [5.41, 5.74) is 0. The largest absolute Gasteiger partial charge is 0.320 e. The number of unbranched alkanes of at least 4 members (excludes halogenated alkanes) is 1. The second-order valence-corrected chi connectivity index (χ2v) is 4.82. The van der Waals surface area contributed by atoms with Crippen LogP contribution in [0.5, 0.6) is 0 Å². The molecule has 0 unspecified atom stereocenters. The van der Waals surface area contributed by atoms with Crippen molar-refractivity contribution in [3.63, 3.8) is 0 Å². The Morgan fingerprint density at radius 2 is 1.92 bits per heavy atom. The van der Waals surface area contributed by atoms with Gasteiger partial charge in [-0.2, -0.15) is 12.6 Å². The van der Waals surface area contributed by atoms with Crippen molar-refractivity contribution >= 4 is 12.6 Å². The average Bonchev–Trinajstić information content (AvgIpc) is 1.96. The van der Waals surface area contributed by atoms with Crippen LogP contribution in [-0.2, 0) is 0 Å². The van der Waals surface area contributed by atoms with Gasteiger partial charge in [-0.05, 0) is 53.9 Å². The van der Waals surface area contributed by atoms with Gasteiger partial charge in [-0.15, -0.1) is 0 Å².